The van der Waals surface area contributed by atoms with Crippen molar-refractivity contribution < 1.29 is 15.0 Å². The van der Waals surface area contributed by atoms with Gasteiger partial charge in [0.2, 0.25) is 0 Å². The predicted molar refractivity (Wildman–Crippen MR) is 106 cm³/mol. The molecule has 1 aromatic heterocycles. The van der Waals surface area contributed by atoms with Crippen LogP contribution in [0, 0.1) is 0 Å². The Kier molecular flexibility index (Phi) is 5.23. The minimum absolute atomic E-state index is 0.0154. The Morgan fingerprint density at radius 1 is 1.07 bits per heavy atom. The van der Waals surface area contributed by atoms with E-state index in [1.807, 2.05) is 64.2 Å². The lowest BCUT2D eigenvalue weighted by molar-refractivity contribution is 0.0746. The maximum absolute atomic E-state index is 13.4. The maximum Gasteiger partial charge on any atom is 0.254 e. The molecule has 1 aliphatic rings. The topological polar surface area (TPSA) is 78.6 Å². The van der Waals surface area contributed by atoms with Crippen LogP contribution in [0.4, 0.5) is 0 Å². The summed E-state index contributed by atoms with van der Waals surface area (Å²) in [6, 6.07) is 19.4. The molecule has 6 heteroatoms. The molecule has 2 N–H and O–H groups in total. The van der Waals surface area contributed by atoms with Crippen molar-refractivity contribution in [2.45, 2.75) is 25.6 Å². The summed E-state index contributed by atoms with van der Waals surface area (Å²) in [5.41, 5.74) is 3.92. The fourth-order valence-corrected chi connectivity index (χ4v) is 3.62. The molecule has 1 atom stereocenters. The normalized spacial score (nSPS) is 15.0. The zero-order chi connectivity index (χ0) is 19.5. The van der Waals surface area contributed by atoms with Crippen molar-refractivity contribution in [3.05, 3.63) is 77.6 Å². The molecule has 0 aliphatic carbocycles. The summed E-state index contributed by atoms with van der Waals surface area (Å²) in [6.07, 6.45) is -0.217. The van der Waals surface area contributed by atoms with Gasteiger partial charge in [-0.2, -0.15) is 5.10 Å². The lowest BCUT2D eigenvalue weighted by atomic mass is 9.99. The second-order valence-electron chi connectivity index (χ2n) is 6.97. The van der Waals surface area contributed by atoms with Crippen LogP contribution in [0.1, 0.15) is 34.3 Å². The van der Waals surface area contributed by atoms with E-state index in [9.17, 15) is 9.90 Å². The van der Waals surface area contributed by atoms with E-state index >= 15 is 0 Å². The molecular formula is C22H23N3O3. The van der Waals surface area contributed by atoms with E-state index in [-0.39, 0.29) is 12.5 Å². The molecule has 0 radical (unpaired) electrons. The monoisotopic (exact) mass is 377 g/mol. The molecule has 0 saturated carbocycles. The molecule has 1 aliphatic heterocycles. The molecule has 4 rings (SSSR count). The van der Waals surface area contributed by atoms with Gasteiger partial charge in [0.1, 0.15) is 6.10 Å². The van der Waals surface area contributed by atoms with Crippen molar-refractivity contribution >= 4 is 5.91 Å². The largest absolute Gasteiger partial charge is 0.393 e. The van der Waals surface area contributed by atoms with E-state index in [1.54, 1.807) is 6.07 Å². The molecule has 144 valence electrons. The number of aliphatic hydroxyl groups excluding tert-OH is 2. The van der Waals surface area contributed by atoms with Crippen molar-refractivity contribution in [2.24, 2.45) is 0 Å². The van der Waals surface area contributed by atoms with Crippen LogP contribution in [0.3, 0.4) is 0 Å². The van der Waals surface area contributed by atoms with Crippen LogP contribution < -0.4 is 0 Å². The van der Waals surface area contributed by atoms with Gasteiger partial charge in [0.25, 0.3) is 5.91 Å². The zero-order valence-electron chi connectivity index (χ0n) is 15.5. The Hall–Kier alpha value is -2.96. The minimum Gasteiger partial charge on any atom is -0.393 e. The highest BCUT2D eigenvalue weighted by Gasteiger charge is 2.24. The highest BCUT2D eigenvalue weighted by atomic mass is 16.3. The molecule has 2 heterocycles. The van der Waals surface area contributed by atoms with Crippen molar-refractivity contribution in [1.82, 2.24) is 14.7 Å². The molecule has 28 heavy (non-hydrogen) atoms. The van der Waals surface area contributed by atoms with Gasteiger partial charge < -0.3 is 15.1 Å². The molecule has 0 fully saturated rings. The van der Waals surface area contributed by atoms with Gasteiger partial charge in [-0.15, -0.1) is 0 Å². The number of carbonyl (C=O) groups is 1. The van der Waals surface area contributed by atoms with Crippen LogP contribution in [0.15, 0.2) is 60.7 Å². The van der Waals surface area contributed by atoms with Crippen molar-refractivity contribution in [3.63, 3.8) is 0 Å². The van der Waals surface area contributed by atoms with Gasteiger partial charge in [-0.05, 0) is 29.7 Å². The number of benzene rings is 2. The first-order chi connectivity index (χ1) is 13.7. The summed E-state index contributed by atoms with van der Waals surface area (Å²) in [4.78, 5) is 15.2. The second kappa shape index (κ2) is 7.96. The zero-order valence-corrected chi connectivity index (χ0v) is 15.5. The highest BCUT2D eigenvalue weighted by Crippen LogP contribution is 2.26. The molecule has 0 spiro atoms. The summed E-state index contributed by atoms with van der Waals surface area (Å²) < 4.78 is 1.82. The van der Waals surface area contributed by atoms with Crippen LogP contribution in [-0.2, 0) is 13.1 Å². The Morgan fingerprint density at radius 3 is 2.61 bits per heavy atom. The van der Waals surface area contributed by atoms with Crippen molar-refractivity contribution in [3.8, 4) is 11.1 Å². The number of aromatic nitrogens is 2. The third-order valence-electron chi connectivity index (χ3n) is 5.08. The number of aliphatic hydroxyl groups is 2. The summed E-state index contributed by atoms with van der Waals surface area (Å²) in [5, 5.41) is 23.4. The number of rotatable bonds is 4. The molecule has 0 bridgehead atoms. The van der Waals surface area contributed by atoms with Gasteiger partial charge in [-0.3, -0.25) is 9.48 Å². The number of nitrogens with zero attached hydrogens (tertiary/aromatic N) is 3. The van der Waals surface area contributed by atoms with E-state index < -0.39 is 6.10 Å². The number of amides is 1. The van der Waals surface area contributed by atoms with E-state index in [0.29, 0.717) is 30.9 Å². The van der Waals surface area contributed by atoms with Crippen LogP contribution >= 0.6 is 0 Å². The first-order valence-corrected chi connectivity index (χ1v) is 9.46. The Bertz CT molecular complexity index is 968. The van der Waals surface area contributed by atoms with Crippen LogP contribution in [0.2, 0.25) is 0 Å². The maximum atomic E-state index is 13.4. The number of aryl methyl sites for hydroxylation is 1. The lowest BCUT2D eigenvalue weighted by Crippen LogP contribution is -2.31. The summed E-state index contributed by atoms with van der Waals surface area (Å²) in [7, 11) is 0. The van der Waals surface area contributed by atoms with E-state index in [2.05, 4.69) is 5.10 Å². The average molecular weight is 377 g/mol. The number of fused-ring (bicyclic) bond motifs is 1. The standard InChI is InChI=1S/C22H23N3O3/c26-15-21(27)20-13-17-14-24(11-6-12-25(17)23-20)22(28)19-10-5-4-9-18(19)16-7-2-1-3-8-16/h1-5,7-10,13,21,26-27H,6,11-12,14-15H2. The quantitative estimate of drug-likeness (QED) is 0.733. The van der Waals surface area contributed by atoms with Crippen LogP contribution in [-0.4, -0.2) is 44.0 Å². The molecular weight excluding hydrogens is 354 g/mol. The molecule has 3 aromatic rings. The van der Waals surface area contributed by atoms with Gasteiger partial charge >= 0.3 is 0 Å². The number of hydrogen-bond acceptors (Lipinski definition) is 4. The van der Waals surface area contributed by atoms with E-state index in [1.165, 1.54) is 0 Å². The second-order valence-corrected chi connectivity index (χ2v) is 6.97. The first-order valence-electron chi connectivity index (χ1n) is 9.46. The van der Waals surface area contributed by atoms with Crippen molar-refractivity contribution in [1.29, 1.82) is 0 Å². The summed E-state index contributed by atoms with van der Waals surface area (Å²) in [5.74, 6) is -0.0154. The van der Waals surface area contributed by atoms with E-state index in [4.69, 9.17) is 5.11 Å². The molecule has 2 aromatic carbocycles. The lowest BCUT2D eigenvalue weighted by Gasteiger charge is -2.21. The SMILES string of the molecule is O=C(c1ccccc1-c1ccccc1)N1CCCn2nc(C(O)CO)cc2C1. The fraction of sp³-hybridized carbons (Fsp3) is 0.273. The number of hydrogen-bond donors (Lipinski definition) is 2. The summed E-state index contributed by atoms with van der Waals surface area (Å²) in [6.45, 7) is 1.37. The van der Waals surface area contributed by atoms with Gasteiger partial charge in [0, 0.05) is 18.7 Å². The van der Waals surface area contributed by atoms with Gasteiger partial charge in [0.15, 0.2) is 0 Å². The van der Waals surface area contributed by atoms with Gasteiger partial charge in [-0.25, -0.2) is 0 Å². The molecule has 0 saturated heterocycles. The Balaban J connectivity index is 1.63. The molecule has 1 unspecified atom stereocenters. The van der Waals surface area contributed by atoms with Gasteiger partial charge in [0.05, 0.1) is 24.5 Å². The van der Waals surface area contributed by atoms with Crippen LogP contribution in [0.5, 0.6) is 0 Å². The minimum atomic E-state index is -0.998. The smallest absolute Gasteiger partial charge is 0.254 e. The summed E-state index contributed by atoms with van der Waals surface area (Å²) >= 11 is 0. The van der Waals surface area contributed by atoms with Crippen molar-refractivity contribution in [2.75, 3.05) is 13.2 Å². The first kappa shape index (κ1) is 18.4. The third-order valence-corrected chi connectivity index (χ3v) is 5.08. The molecule has 1 amide bonds. The van der Waals surface area contributed by atoms with Crippen LogP contribution in [0.25, 0.3) is 11.1 Å². The fourth-order valence-electron chi connectivity index (χ4n) is 3.62. The average Bonchev–Trinajstić information content (AvgIpc) is 3.04. The Morgan fingerprint density at radius 2 is 1.82 bits per heavy atom. The predicted octanol–water partition coefficient (Wildman–Crippen LogP) is 2.62. The number of carbonyl (C=O) groups excluding carboxylic acids is 1. The van der Waals surface area contributed by atoms with E-state index in [0.717, 1.165) is 23.2 Å². The third kappa shape index (κ3) is 3.56. The Labute approximate surface area is 163 Å². The van der Waals surface area contributed by atoms with Gasteiger partial charge in [-0.1, -0.05) is 48.5 Å². The highest BCUT2D eigenvalue weighted by molar-refractivity contribution is 6.00. The molecule has 6 nitrogen and oxygen atoms in total.